The molecule has 0 saturated carbocycles. The molecule has 4 aromatic rings. The fourth-order valence-electron chi connectivity index (χ4n) is 13.9. The van der Waals surface area contributed by atoms with Gasteiger partial charge in [-0.25, -0.2) is 0 Å². The first-order valence-electron chi connectivity index (χ1n) is 28.0. The van der Waals surface area contributed by atoms with E-state index in [2.05, 4.69) is 27.3 Å². The molecule has 4 N–H and O–H groups in total. The van der Waals surface area contributed by atoms with Gasteiger partial charge in [0.2, 0.25) is 11.8 Å². The topological polar surface area (TPSA) is 183 Å². The zero-order chi connectivity index (χ0) is 71.3. The molecule has 0 aliphatic carbocycles. The molecule has 2 saturated heterocycles. The monoisotopic (exact) mass is 1850 g/mol. The first-order valence-corrected chi connectivity index (χ1v) is 59.5. The van der Waals surface area contributed by atoms with Gasteiger partial charge in [0.15, 0.2) is 11.5 Å². The second kappa shape index (κ2) is 41.5. The van der Waals surface area contributed by atoms with E-state index in [1.165, 1.54) is 42.6 Å². The number of likely N-dealkylation sites (N-methyl/N-ethyl adjacent to an activating group) is 2. The number of fused-ring (bicyclic) bond motifs is 14. The molecule has 0 radical (unpaired) electrons. The minimum absolute atomic E-state index is 0. The van der Waals surface area contributed by atoms with Crippen LogP contribution in [0.4, 0.5) is 0 Å². The maximum Gasteiger partial charge on any atom is 0.241 e. The lowest BCUT2D eigenvalue weighted by Gasteiger charge is -2.57. The zero-order valence-corrected chi connectivity index (χ0v) is 75.6. The first-order chi connectivity index (χ1) is 46.6. The van der Waals surface area contributed by atoms with E-state index >= 15 is 0 Å². The third-order valence-electron chi connectivity index (χ3n) is 17.7. The Balaban J connectivity index is 0.000000229. The lowest BCUT2D eigenvalue weighted by Crippen LogP contribution is -2.67. The highest BCUT2D eigenvalue weighted by molar-refractivity contribution is 8.76. The zero-order valence-electron chi connectivity index (χ0n) is 53.7. The maximum absolute atomic E-state index is 14.1. The number of hydrogen-bond acceptors (Lipinski definition) is 18. The van der Waals surface area contributed by atoms with Crippen LogP contribution in [0.15, 0.2) is 0 Å². The Kier molecular flexibility index (Phi) is 36.8. The summed E-state index contributed by atoms with van der Waals surface area (Å²) in [6, 6.07) is -3.59. The van der Waals surface area contributed by atoms with Crippen LogP contribution < -0.4 is 28.4 Å². The van der Waals surface area contributed by atoms with Crippen molar-refractivity contribution in [3.8, 4) is 46.0 Å². The number of phenolic OH excluding ortho intramolecular Hbond substituents is 2. The van der Waals surface area contributed by atoms with Gasteiger partial charge < -0.3 is 58.6 Å². The number of nitrogens with zero attached hydrogens (tertiary/aromatic N) is 4. The number of amides is 2. The predicted molar refractivity (Wildman–Crippen MR) is 462 cm³/mol. The van der Waals surface area contributed by atoms with Crippen molar-refractivity contribution >= 4 is 266 Å². The summed E-state index contributed by atoms with van der Waals surface area (Å²) in [7, 11) is 47.7. The molecule has 10 rings (SSSR count). The number of carbonyl (C=O) groups excluding carboxylic acids is 2. The van der Waals surface area contributed by atoms with E-state index in [9.17, 15) is 30.0 Å². The molecule has 0 spiro atoms. The average molecular weight is 1850 g/mol. The van der Waals surface area contributed by atoms with Gasteiger partial charge in [0.25, 0.3) is 0 Å². The quantitative estimate of drug-likeness (QED) is 0.137. The molecule has 98 heavy (non-hydrogen) atoms. The second-order valence-corrected chi connectivity index (χ2v) is 59.3. The standard InChI is InChI=1S/C27H32Cl2N2O5.C27H34N2O7.CH4.S13.S12/c1-11-12(2)25(35-6)19-14(21(11)28)8-16-23-20-15(24(34-5)13(3)26(36-7)22(20)29)9-17(30(23)4)27(33)31(16)18(19)10-32;1-11-12(2)25(35-6)19-14(22(11)31)8-16-21-20-15(24(34-5)13(3)26(36-7)23(20)32)9-17(28(21)4)27(33)29(16)18(19)10-30;;1-3-5-7-9-11-13-12-10-8-6-4-2;1-3-5-7-9-11-12-10-8-6-4-2/h16-18,23,32H,8-10H2,1-7H3;16-18,21,30-32H,8-10H2,1-7H3;1H4;;/t16-,17+,18-,23-;16-,17-,18-,21-;;;/m00.../s1. The molecule has 546 valence electrons. The van der Waals surface area contributed by atoms with Gasteiger partial charge in [-0.15, -0.1) is 0 Å². The van der Waals surface area contributed by atoms with Gasteiger partial charge in [-0.3, -0.25) is 19.4 Å². The van der Waals surface area contributed by atoms with Gasteiger partial charge in [0.1, 0.15) is 34.5 Å². The van der Waals surface area contributed by atoms with Gasteiger partial charge in [-0.2, -0.15) is 0 Å². The van der Waals surface area contributed by atoms with Crippen LogP contribution in [0.25, 0.3) is 0 Å². The van der Waals surface area contributed by atoms with E-state index in [-0.39, 0.29) is 56.0 Å². The maximum atomic E-state index is 14.1. The summed E-state index contributed by atoms with van der Waals surface area (Å²) in [4.78, 5) is 35.8. The van der Waals surface area contributed by atoms with Gasteiger partial charge in [0, 0.05) is 299 Å². The van der Waals surface area contributed by atoms with Crippen LogP contribution in [-0.4, -0.2) is 146 Å². The minimum atomic E-state index is -0.692. The lowest BCUT2D eigenvalue weighted by atomic mass is 9.73. The molecule has 8 atom stereocenters. The highest BCUT2D eigenvalue weighted by Crippen LogP contribution is 2.59. The number of phenols is 2. The summed E-state index contributed by atoms with van der Waals surface area (Å²) in [6.45, 7) is 10.8. The fourth-order valence-corrected chi connectivity index (χ4v) is 61.3. The molecule has 6 heterocycles. The predicted octanol–water partition coefficient (Wildman–Crippen LogP) is 7.37. The Morgan fingerprint density at radius 1 is 0.398 bits per heavy atom. The first kappa shape index (κ1) is 87.1. The number of halogens is 2. The number of piperazine rings is 2. The highest BCUT2D eigenvalue weighted by atomic mass is 35.5. The Hall–Kier alpha value is 0.140. The van der Waals surface area contributed by atoms with E-state index in [0.29, 0.717) is 98.0 Å². The largest absolute Gasteiger partial charge is 0.507 e. The van der Waals surface area contributed by atoms with Crippen LogP contribution in [0.3, 0.4) is 0 Å². The van der Waals surface area contributed by atoms with Gasteiger partial charge in [0.05, 0.1) is 109 Å². The molecule has 6 aliphatic heterocycles. The van der Waals surface area contributed by atoms with Crippen molar-refractivity contribution < 1.29 is 58.4 Å². The van der Waals surface area contributed by atoms with E-state index in [1.807, 2.05) is 65.4 Å². The van der Waals surface area contributed by atoms with Crippen molar-refractivity contribution in [1.82, 2.24) is 19.6 Å². The van der Waals surface area contributed by atoms with Crippen LogP contribution >= 0.6 is 23.2 Å². The number of aromatic hydroxyl groups is 2. The van der Waals surface area contributed by atoms with Crippen LogP contribution in [-0.2, 0) is 267 Å². The minimum Gasteiger partial charge on any atom is -0.507 e. The summed E-state index contributed by atoms with van der Waals surface area (Å²) in [5, 5.41) is 45.1. The SMILES string of the molecule is C.COc1c(C)c(OC)c2c(c1Cl)[C@@H]1[C@@H]3Cc4c(Cl)c(C)c(C)c(OC)c4[C@H](CO)N3C(=O)[C@@H](C2)N1C.COc1c(C)c(OC)c2c(c1O)[C@@H]1[C@@H]3Cc4c(O)c(C)c(C)c(OC)c4[C@H](CO)N3C(=O)[C@H](C2)N1C.S=S=S=S=S=S=S=S=S=S=S=S.S=S=S=S=S=S=S=S=S=S=S=S=S. The van der Waals surface area contributed by atoms with E-state index in [1.54, 1.807) is 191 Å². The van der Waals surface area contributed by atoms with Gasteiger partial charge in [-0.05, 0) is 96.3 Å². The Labute approximate surface area is 661 Å². The molecule has 4 aromatic carbocycles. The number of carbonyl (C=O) groups is 2. The van der Waals surface area contributed by atoms with Crippen molar-refractivity contribution in [2.45, 2.75) is 123 Å². The number of ether oxygens (including phenoxy) is 6. The van der Waals surface area contributed by atoms with Crippen molar-refractivity contribution in [1.29, 1.82) is 0 Å². The molecule has 4 bridgehead atoms. The molecular formula is C55H70Cl2N4O12S25. The lowest BCUT2D eigenvalue weighted by molar-refractivity contribution is -0.159. The van der Waals surface area contributed by atoms with Crippen LogP contribution in [0.5, 0.6) is 46.0 Å². The van der Waals surface area contributed by atoms with E-state index < -0.39 is 36.3 Å². The second-order valence-electron chi connectivity index (χ2n) is 21.4. The number of aliphatic hydroxyl groups is 2. The summed E-state index contributed by atoms with van der Waals surface area (Å²) in [5.41, 5.74) is 11.1. The molecule has 16 nitrogen and oxygen atoms in total. The number of benzene rings is 4. The molecule has 43 heteroatoms. The Bertz CT molecular complexity index is 4570. The Morgan fingerprint density at radius 3 is 1.09 bits per heavy atom. The summed E-state index contributed by atoms with van der Waals surface area (Å²) >= 11 is 32.7. The fraction of sp³-hybridized carbons (Fsp3) is 0.527. The van der Waals surface area contributed by atoms with Gasteiger partial charge >= 0.3 is 0 Å². The molecule has 6 aliphatic rings. The summed E-state index contributed by atoms with van der Waals surface area (Å²) in [5.74, 6) is 3.53. The summed E-state index contributed by atoms with van der Waals surface area (Å²) < 4.78 is 34.4. The van der Waals surface area contributed by atoms with E-state index in [4.69, 9.17) is 74.0 Å². The average Bonchev–Trinajstić information content (AvgIpc) is 0.706. The third-order valence-corrected chi connectivity index (χ3v) is 60.8. The number of methoxy groups -OCH3 is 6. The third kappa shape index (κ3) is 18.1. The number of rotatable bonds is 8. The number of hydrogen-bond donors (Lipinski definition) is 4. The van der Waals surface area contributed by atoms with Gasteiger partial charge in [-0.1, -0.05) is 30.6 Å². The van der Waals surface area contributed by atoms with Crippen molar-refractivity contribution in [3.05, 3.63) is 87.9 Å². The van der Waals surface area contributed by atoms with Crippen molar-refractivity contribution in [2.24, 2.45) is 0 Å². The summed E-state index contributed by atoms with van der Waals surface area (Å²) in [6.07, 6.45) is 1.64. The van der Waals surface area contributed by atoms with Crippen molar-refractivity contribution in [3.63, 3.8) is 0 Å². The number of aliphatic hydroxyl groups excluding tert-OH is 2. The molecule has 0 unspecified atom stereocenters. The molecular weight excluding hydrogens is 1780 g/mol. The normalized spacial score (nSPS) is 19.9. The Morgan fingerprint density at radius 2 is 0.724 bits per heavy atom. The van der Waals surface area contributed by atoms with Crippen LogP contribution in [0, 0.1) is 41.5 Å². The molecule has 2 amide bonds. The van der Waals surface area contributed by atoms with E-state index in [0.717, 1.165) is 50.1 Å². The highest BCUT2D eigenvalue weighted by Gasteiger charge is 2.58. The van der Waals surface area contributed by atoms with Crippen LogP contribution in [0.2, 0.25) is 10.0 Å². The van der Waals surface area contributed by atoms with Crippen molar-refractivity contribution in [2.75, 3.05) is 70.0 Å². The molecule has 0 aromatic heterocycles. The van der Waals surface area contributed by atoms with Crippen LogP contribution in [0.1, 0.15) is 109 Å². The molecule has 2 fully saturated rings. The smallest absolute Gasteiger partial charge is 0.241 e.